The van der Waals surface area contributed by atoms with Crippen molar-refractivity contribution in [2.45, 2.75) is 29.6 Å². The van der Waals surface area contributed by atoms with E-state index in [1.807, 2.05) is 11.8 Å². The summed E-state index contributed by atoms with van der Waals surface area (Å²) in [5, 5.41) is 3.38. The first kappa shape index (κ1) is 14.4. The van der Waals surface area contributed by atoms with E-state index < -0.39 is 0 Å². The molecular formula is C19H21NS. The van der Waals surface area contributed by atoms with Crippen LogP contribution in [0.2, 0.25) is 0 Å². The van der Waals surface area contributed by atoms with Crippen LogP contribution in [0.4, 0.5) is 0 Å². The molecule has 0 amide bonds. The van der Waals surface area contributed by atoms with Gasteiger partial charge in [-0.15, -0.1) is 0 Å². The van der Waals surface area contributed by atoms with Crippen LogP contribution in [0.15, 0.2) is 64.4 Å². The van der Waals surface area contributed by atoms with Crippen LogP contribution in [-0.2, 0) is 6.42 Å². The number of hydrogen-bond donors (Lipinski definition) is 1. The first-order chi connectivity index (χ1) is 10.4. The van der Waals surface area contributed by atoms with E-state index in [2.05, 4.69) is 66.8 Å². The molecular weight excluding hydrogens is 274 g/mol. The van der Waals surface area contributed by atoms with Gasteiger partial charge in [-0.2, -0.15) is 0 Å². The van der Waals surface area contributed by atoms with Crippen molar-refractivity contribution in [2.75, 3.05) is 13.1 Å². The molecule has 2 aromatic carbocycles. The molecule has 0 saturated carbocycles. The Kier molecular flexibility index (Phi) is 4.79. The van der Waals surface area contributed by atoms with Gasteiger partial charge < -0.3 is 5.32 Å². The Morgan fingerprint density at radius 2 is 1.86 bits per heavy atom. The van der Waals surface area contributed by atoms with Crippen LogP contribution in [0.1, 0.15) is 24.5 Å². The summed E-state index contributed by atoms with van der Waals surface area (Å²) < 4.78 is 0. The highest BCUT2D eigenvalue weighted by atomic mass is 32.2. The van der Waals surface area contributed by atoms with Crippen LogP contribution in [0, 0.1) is 0 Å². The third-order valence-electron chi connectivity index (χ3n) is 3.86. The fourth-order valence-electron chi connectivity index (χ4n) is 2.61. The lowest BCUT2D eigenvalue weighted by atomic mass is 10.0. The van der Waals surface area contributed by atoms with Gasteiger partial charge in [0.15, 0.2) is 0 Å². The van der Waals surface area contributed by atoms with Gasteiger partial charge in [0.2, 0.25) is 0 Å². The summed E-state index contributed by atoms with van der Waals surface area (Å²) in [6.45, 7) is 4.26. The second-order valence-electron chi connectivity index (χ2n) is 5.28. The van der Waals surface area contributed by atoms with Gasteiger partial charge in [-0.3, -0.25) is 0 Å². The maximum atomic E-state index is 3.38. The van der Waals surface area contributed by atoms with Gasteiger partial charge in [0.25, 0.3) is 0 Å². The third-order valence-corrected chi connectivity index (χ3v) is 4.94. The highest BCUT2D eigenvalue weighted by Crippen LogP contribution is 2.35. The lowest BCUT2D eigenvalue weighted by Gasteiger charge is -2.17. The van der Waals surface area contributed by atoms with Crippen molar-refractivity contribution in [1.82, 2.24) is 5.32 Å². The summed E-state index contributed by atoms with van der Waals surface area (Å²) in [7, 11) is 0. The molecule has 0 bridgehead atoms. The Balaban J connectivity index is 1.86. The molecule has 108 valence electrons. The molecule has 0 atom stereocenters. The zero-order valence-corrected chi connectivity index (χ0v) is 13.2. The SMILES string of the molecule is CCc1ccc(Sc2ccccc2C2=CCNCC2)cc1. The molecule has 0 saturated heterocycles. The van der Waals surface area contributed by atoms with E-state index in [9.17, 15) is 0 Å². The molecule has 0 spiro atoms. The van der Waals surface area contributed by atoms with Crippen molar-refractivity contribution >= 4 is 17.3 Å². The second kappa shape index (κ2) is 6.97. The zero-order valence-electron chi connectivity index (χ0n) is 12.4. The van der Waals surface area contributed by atoms with Gasteiger partial charge in [-0.25, -0.2) is 0 Å². The van der Waals surface area contributed by atoms with E-state index >= 15 is 0 Å². The van der Waals surface area contributed by atoms with E-state index in [0.29, 0.717) is 0 Å². The number of benzene rings is 2. The van der Waals surface area contributed by atoms with Gasteiger partial charge in [0.1, 0.15) is 0 Å². The molecule has 0 radical (unpaired) electrons. The van der Waals surface area contributed by atoms with E-state index in [4.69, 9.17) is 0 Å². The average molecular weight is 295 g/mol. The number of aryl methyl sites for hydroxylation is 1. The van der Waals surface area contributed by atoms with Crippen LogP contribution < -0.4 is 5.32 Å². The summed E-state index contributed by atoms with van der Waals surface area (Å²) in [6, 6.07) is 17.7. The topological polar surface area (TPSA) is 12.0 Å². The number of rotatable bonds is 4. The van der Waals surface area contributed by atoms with E-state index in [0.717, 1.165) is 25.9 Å². The van der Waals surface area contributed by atoms with Gasteiger partial charge in [-0.05, 0) is 54.3 Å². The van der Waals surface area contributed by atoms with Crippen molar-refractivity contribution in [3.8, 4) is 0 Å². The lowest BCUT2D eigenvalue weighted by molar-refractivity contribution is 0.737. The van der Waals surface area contributed by atoms with Gasteiger partial charge in [0.05, 0.1) is 0 Å². The van der Waals surface area contributed by atoms with Crippen molar-refractivity contribution in [3.63, 3.8) is 0 Å². The monoisotopic (exact) mass is 295 g/mol. The first-order valence-electron chi connectivity index (χ1n) is 7.63. The van der Waals surface area contributed by atoms with Crippen LogP contribution >= 0.6 is 11.8 Å². The molecule has 1 nitrogen and oxygen atoms in total. The lowest BCUT2D eigenvalue weighted by Crippen LogP contribution is -2.20. The molecule has 2 aromatic rings. The summed E-state index contributed by atoms with van der Waals surface area (Å²) in [5.74, 6) is 0. The highest BCUT2D eigenvalue weighted by Gasteiger charge is 2.10. The van der Waals surface area contributed by atoms with Crippen molar-refractivity contribution in [3.05, 3.63) is 65.7 Å². The van der Waals surface area contributed by atoms with Gasteiger partial charge >= 0.3 is 0 Å². The van der Waals surface area contributed by atoms with E-state index in [1.54, 1.807) is 0 Å². The molecule has 0 fully saturated rings. The highest BCUT2D eigenvalue weighted by molar-refractivity contribution is 7.99. The maximum Gasteiger partial charge on any atom is 0.0197 e. The molecule has 1 N–H and O–H groups in total. The molecule has 3 rings (SSSR count). The maximum absolute atomic E-state index is 3.38. The Bertz CT molecular complexity index is 628. The Labute approximate surface area is 131 Å². The standard InChI is InChI=1S/C19H21NS/c1-2-15-7-9-17(10-8-15)21-19-6-4-3-5-18(19)16-11-13-20-14-12-16/h3-11,20H,2,12-14H2,1H3. The smallest absolute Gasteiger partial charge is 0.0197 e. The van der Waals surface area contributed by atoms with Gasteiger partial charge in [0, 0.05) is 16.3 Å². The predicted octanol–water partition coefficient (Wildman–Crippen LogP) is 4.78. The van der Waals surface area contributed by atoms with Crippen molar-refractivity contribution < 1.29 is 0 Å². The molecule has 0 aliphatic carbocycles. The minimum Gasteiger partial charge on any atom is -0.313 e. The predicted molar refractivity (Wildman–Crippen MR) is 91.8 cm³/mol. The Morgan fingerprint density at radius 1 is 1.05 bits per heavy atom. The second-order valence-corrected chi connectivity index (χ2v) is 6.39. The van der Waals surface area contributed by atoms with E-state index in [-0.39, 0.29) is 0 Å². The van der Waals surface area contributed by atoms with Crippen molar-refractivity contribution in [2.24, 2.45) is 0 Å². The van der Waals surface area contributed by atoms with Crippen LogP contribution in [0.5, 0.6) is 0 Å². The van der Waals surface area contributed by atoms with Gasteiger partial charge in [-0.1, -0.05) is 55.1 Å². The summed E-state index contributed by atoms with van der Waals surface area (Å²) in [6.07, 6.45) is 4.54. The molecule has 1 heterocycles. The first-order valence-corrected chi connectivity index (χ1v) is 8.44. The zero-order chi connectivity index (χ0) is 14.5. The minimum atomic E-state index is 0.986. The summed E-state index contributed by atoms with van der Waals surface area (Å²) >= 11 is 1.87. The van der Waals surface area contributed by atoms with Crippen LogP contribution in [0.3, 0.4) is 0 Å². The number of nitrogens with one attached hydrogen (secondary N) is 1. The Morgan fingerprint density at radius 3 is 2.57 bits per heavy atom. The minimum absolute atomic E-state index is 0.986. The molecule has 0 aromatic heterocycles. The summed E-state index contributed by atoms with van der Waals surface area (Å²) in [4.78, 5) is 2.67. The molecule has 0 unspecified atom stereocenters. The summed E-state index contributed by atoms with van der Waals surface area (Å²) in [5.41, 5.74) is 4.26. The fraction of sp³-hybridized carbons (Fsp3) is 0.263. The Hall–Kier alpha value is -1.51. The third kappa shape index (κ3) is 3.58. The normalized spacial score (nSPS) is 14.8. The fourth-order valence-corrected chi connectivity index (χ4v) is 3.59. The molecule has 1 aliphatic rings. The van der Waals surface area contributed by atoms with Crippen LogP contribution in [0.25, 0.3) is 5.57 Å². The average Bonchev–Trinajstić information content (AvgIpc) is 2.57. The molecule has 1 aliphatic heterocycles. The largest absolute Gasteiger partial charge is 0.313 e. The van der Waals surface area contributed by atoms with Crippen molar-refractivity contribution in [1.29, 1.82) is 0 Å². The quantitative estimate of drug-likeness (QED) is 0.871. The molecule has 2 heteroatoms. The number of hydrogen-bond acceptors (Lipinski definition) is 2. The molecule has 21 heavy (non-hydrogen) atoms. The van der Waals surface area contributed by atoms with Crippen LogP contribution in [-0.4, -0.2) is 13.1 Å². The van der Waals surface area contributed by atoms with E-state index in [1.165, 1.54) is 26.5 Å².